The predicted octanol–water partition coefficient (Wildman–Crippen LogP) is 2.70. The number of hydrogen-bond donors (Lipinski definition) is 1. The molecular weight excluding hydrogens is 233 g/mol. The Morgan fingerprint density at radius 3 is 2.18 bits per heavy atom. The van der Waals surface area contributed by atoms with E-state index in [1.807, 2.05) is 0 Å². The molecule has 6 heteroatoms. The molecule has 0 aliphatic carbocycles. The molecule has 0 bridgehead atoms. The second kappa shape index (κ2) is 4.32. The van der Waals surface area contributed by atoms with Crippen molar-refractivity contribution in [3.63, 3.8) is 0 Å². The van der Waals surface area contributed by atoms with E-state index >= 15 is 0 Å². The van der Waals surface area contributed by atoms with Crippen molar-refractivity contribution >= 4 is 5.83 Å². The van der Waals surface area contributed by atoms with E-state index in [-0.39, 0.29) is 11.1 Å². The highest BCUT2D eigenvalue weighted by atomic mass is 19.3. The molecule has 0 saturated heterocycles. The molecule has 0 fully saturated rings. The van der Waals surface area contributed by atoms with Crippen molar-refractivity contribution in [2.24, 2.45) is 0 Å². The lowest BCUT2D eigenvalue weighted by Gasteiger charge is -2.03. The molecule has 0 saturated carbocycles. The summed E-state index contributed by atoms with van der Waals surface area (Å²) in [5, 5.41) is 2.47. The minimum atomic E-state index is -2.35. The van der Waals surface area contributed by atoms with Crippen LogP contribution in [0.5, 0.6) is 0 Å². The third kappa shape index (κ3) is 2.30. The van der Waals surface area contributed by atoms with Crippen molar-refractivity contribution in [2.75, 3.05) is 0 Å². The van der Waals surface area contributed by atoms with Gasteiger partial charge in [-0.05, 0) is 24.3 Å². The number of rotatable bonds is 2. The van der Waals surface area contributed by atoms with E-state index < -0.39 is 11.9 Å². The molecule has 0 spiro atoms. The summed E-state index contributed by atoms with van der Waals surface area (Å²) in [4.78, 5) is 10.9. The number of H-pyrrole nitrogens is 1. The molecule has 1 aromatic carbocycles. The Kier molecular flexibility index (Phi) is 2.86. The summed E-state index contributed by atoms with van der Waals surface area (Å²) < 4.78 is 38.2. The van der Waals surface area contributed by atoms with Gasteiger partial charge in [-0.15, -0.1) is 0 Å². The predicted molar refractivity (Wildman–Crippen MR) is 56.6 cm³/mol. The highest BCUT2D eigenvalue weighted by Gasteiger charge is 2.08. The van der Waals surface area contributed by atoms with E-state index in [9.17, 15) is 18.0 Å². The van der Waals surface area contributed by atoms with E-state index in [1.54, 1.807) is 0 Å². The molecule has 0 aliphatic rings. The van der Waals surface area contributed by atoms with Crippen LogP contribution in [0.25, 0.3) is 11.5 Å². The average Bonchev–Trinajstić information content (AvgIpc) is 2.75. The third-order valence-electron chi connectivity index (χ3n) is 2.17. The summed E-state index contributed by atoms with van der Waals surface area (Å²) in [7, 11) is 0. The van der Waals surface area contributed by atoms with Gasteiger partial charge in [-0.3, -0.25) is 14.6 Å². The largest absolute Gasteiger partial charge is 0.306 e. The van der Waals surface area contributed by atoms with Gasteiger partial charge in [-0.2, -0.15) is 8.78 Å². The molecule has 3 nitrogen and oxygen atoms in total. The number of aromatic nitrogens is 2. The number of benzene rings is 1. The summed E-state index contributed by atoms with van der Waals surface area (Å²) in [6.45, 7) is 0. The Morgan fingerprint density at radius 2 is 1.71 bits per heavy atom. The standard InChI is InChI=1S/C11H7F3N2O/c12-10(11(13)14)7-1-3-8(4-2-7)16-6-5-9(17)15-16/h1-6H,(H,15,17). The van der Waals surface area contributed by atoms with Crippen LogP contribution in [0, 0.1) is 0 Å². The summed E-state index contributed by atoms with van der Waals surface area (Å²) in [5.41, 5.74) is 0.0566. The van der Waals surface area contributed by atoms with Gasteiger partial charge in [0.25, 0.3) is 5.56 Å². The fourth-order valence-corrected chi connectivity index (χ4v) is 1.36. The second-order valence-corrected chi connectivity index (χ2v) is 3.28. The molecule has 17 heavy (non-hydrogen) atoms. The summed E-state index contributed by atoms with van der Waals surface area (Å²) >= 11 is 0. The van der Waals surface area contributed by atoms with Gasteiger partial charge in [-0.25, -0.2) is 4.39 Å². The Balaban J connectivity index is 2.37. The summed E-state index contributed by atoms with van der Waals surface area (Å²) in [6.07, 6.45) is -0.869. The lowest BCUT2D eigenvalue weighted by molar-refractivity contribution is 0.410. The van der Waals surface area contributed by atoms with Crippen LogP contribution in [0.15, 0.2) is 47.4 Å². The molecule has 2 aromatic rings. The van der Waals surface area contributed by atoms with Crippen LogP contribution in [0.1, 0.15) is 5.56 Å². The normalized spacial score (nSPS) is 10.3. The van der Waals surface area contributed by atoms with E-state index in [2.05, 4.69) is 5.10 Å². The maximum atomic E-state index is 12.9. The van der Waals surface area contributed by atoms with Crippen molar-refractivity contribution < 1.29 is 13.2 Å². The number of nitrogens with zero attached hydrogens (tertiary/aromatic N) is 1. The van der Waals surface area contributed by atoms with Gasteiger partial charge < -0.3 is 0 Å². The number of nitrogens with one attached hydrogen (secondary N) is 1. The van der Waals surface area contributed by atoms with Gasteiger partial charge in [0.15, 0.2) is 5.83 Å². The molecule has 2 rings (SSSR count). The zero-order valence-electron chi connectivity index (χ0n) is 8.45. The molecule has 0 amide bonds. The Morgan fingerprint density at radius 1 is 1.06 bits per heavy atom. The Labute approximate surface area is 93.8 Å². The zero-order valence-corrected chi connectivity index (χ0v) is 8.45. The molecular formula is C11H7F3N2O. The average molecular weight is 240 g/mol. The first-order chi connectivity index (χ1) is 8.08. The maximum Gasteiger partial charge on any atom is 0.306 e. The fraction of sp³-hybridized carbons (Fsp3) is 0. The number of hydrogen-bond acceptors (Lipinski definition) is 1. The molecule has 1 heterocycles. The molecule has 0 radical (unpaired) electrons. The van der Waals surface area contributed by atoms with Crippen molar-refractivity contribution in [1.29, 1.82) is 0 Å². The first-order valence-electron chi connectivity index (χ1n) is 4.67. The topological polar surface area (TPSA) is 37.8 Å². The van der Waals surface area contributed by atoms with E-state index in [4.69, 9.17) is 0 Å². The Hall–Kier alpha value is -2.24. The minimum Gasteiger partial charge on any atom is -0.268 e. The Bertz CT molecular complexity index is 606. The van der Waals surface area contributed by atoms with Crippen LogP contribution in [-0.2, 0) is 0 Å². The van der Waals surface area contributed by atoms with Crippen molar-refractivity contribution in [3.05, 3.63) is 58.5 Å². The van der Waals surface area contributed by atoms with Gasteiger partial charge >= 0.3 is 6.08 Å². The van der Waals surface area contributed by atoms with Crippen molar-refractivity contribution in [2.45, 2.75) is 0 Å². The highest BCUT2D eigenvalue weighted by molar-refractivity contribution is 5.60. The van der Waals surface area contributed by atoms with Crippen LogP contribution in [0.4, 0.5) is 13.2 Å². The summed E-state index contributed by atoms with van der Waals surface area (Å²) in [5.74, 6) is -1.54. The lowest BCUT2D eigenvalue weighted by Crippen LogP contribution is -2.02. The van der Waals surface area contributed by atoms with Crippen molar-refractivity contribution in [1.82, 2.24) is 9.78 Å². The number of halogens is 3. The second-order valence-electron chi connectivity index (χ2n) is 3.28. The lowest BCUT2D eigenvalue weighted by atomic mass is 10.2. The minimum absolute atomic E-state index is 0.205. The quantitative estimate of drug-likeness (QED) is 0.861. The van der Waals surface area contributed by atoms with Crippen LogP contribution >= 0.6 is 0 Å². The fourth-order valence-electron chi connectivity index (χ4n) is 1.36. The number of aromatic amines is 1. The molecule has 0 unspecified atom stereocenters. The van der Waals surface area contributed by atoms with Gasteiger partial charge in [-0.1, -0.05) is 0 Å². The molecule has 1 N–H and O–H groups in total. The SMILES string of the molecule is O=c1ccn(-c2ccc(C(F)=C(F)F)cc2)[nH]1. The first kappa shape index (κ1) is 11.3. The molecule has 0 atom stereocenters. The molecule has 0 aliphatic heterocycles. The molecule has 88 valence electrons. The zero-order chi connectivity index (χ0) is 12.4. The van der Waals surface area contributed by atoms with Crippen LogP contribution in [0.3, 0.4) is 0 Å². The van der Waals surface area contributed by atoms with Gasteiger partial charge in [0.1, 0.15) is 0 Å². The van der Waals surface area contributed by atoms with Crippen molar-refractivity contribution in [3.8, 4) is 5.69 Å². The molecule has 1 aromatic heterocycles. The van der Waals surface area contributed by atoms with Crippen LogP contribution < -0.4 is 5.56 Å². The highest BCUT2D eigenvalue weighted by Crippen LogP contribution is 2.22. The van der Waals surface area contributed by atoms with Gasteiger partial charge in [0, 0.05) is 17.8 Å². The summed E-state index contributed by atoms with van der Waals surface area (Å²) in [6, 6.07) is 6.58. The monoisotopic (exact) mass is 240 g/mol. The maximum absolute atomic E-state index is 12.9. The van der Waals surface area contributed by atoms with Gasteiger partial charge in [0.05, 0.1) is 5.69 Å². The van der Waals surface area contributed by atoms with Crippen LogP contribution in [0.2, 0.25) is 0 Å². The van der Waals surface area contributed by atoms with E-state index in [0.717, 1.165) is 0 Å². The third-order valence-corrected chi connectivity index (χ3v) is 2.17. The van der Waals surface area contributed by atoms with E-state index in [0.29, 0.717) is 5.69 Å². The van der Waals surface area contributed by atoms with Gasteiger partial charge in [0.2, 0.25) is 0 Å². The first-order valence-corrected chi connectivity index (χ1v) is 4.67. The van der Waals surface area contributed by atoms with E-state index in [1.165, 1.54) is 41.2 Å². The van der Waals surface area contributed by atoms with Crippen LogP contribution in [-0.4, -0.2) is 9.78 Å². The smallest absolute Gasteiger partial charge is 0.268 e.